The van der Waals surface area contributed by atoms with Crippen molar-refractivity contribution < 1.29 is 9.59 Å². The van der Waals surface area contributed by atoms with Gasteiger partial charge in [0.25, 0.3) is 0 Å². The molecule has 0 radical (unpaired) electrons. The minimum absolute atomic E-state index is 0.0268. The predicted octanol–water partition coefficient (Wildman–Crippen LogP) is 3.79. The molecule has 0 amide bonds. The van der Waals surface area contributed by atoms with E-state index in [-0.39, 0.29) is 10.7 Å². The molecule has 6 heteroatoms. The number of halogens is 2. The summed E-state index contributed by atoms with van der Waals surface area (Å²) in [5, 5.41) is 4.67. The summed E-state index contributed by atoms with van der Waals surface area (Å²) in [6, 6.07) is 17.2. The summed E-state index contributed by atoms with van der Waals surface area (Å²) in [4.78, 5) is 25.1. The summed E-state index contributed by atoms with van der Waals surface area (Å²) >= 11 is 12.4. The Hall–Kier alpha value is -2.30. The minimum Gasteiger partial charge on any atom is -0.373 e. The van der Waals surface area contributed by atoms with Gasteiger partial charge in [0.2, 0.25) is 11.6 Å². The Morgan fingerprint density at radius 1 is 0.792 bits per heavy atom. The van der Waals surface area contributed by atoms with Gasteiger partial charge in [0.15, 0.2) is 0 Å². The van der Waals surface area contributed by atoms with Crippen LogP contribution in [0.25, 0.3) is 0 Å². The van der Waals surface area contributed by atoms with Crippen LogP contribution in [0.2, 0.25) is 0 Å². The fourth-order valence-corrected chi connectivity index (χ4v) is 2.97. The maximum atomic E-state index is 12.6. The van der Waals surface area contributed by atoms with Crippen molar-refractivity contribution in [3.05, 3.63) is 71.4 Å². The largest absolute Gasteiger partial charge is 0.373 e. The van der Waals surface area contributed by atoms with Gasteiger partial charge in [-0.3, -0.25) is 9.59 Å². The molecule has 0 fully saturated rings. The number of anilines is 2. The van der Waals surface area contributed by atoms with Crippen molar-refractivity contribution in [2.24, 2.45) is 0 Å². The molecule has 0 aliphatic heterocycles. The van der Waals surface area contributed by atoms with Crippen LogP contribution in [0.1, 0.15) is 0 Å². The van der Waals surface area contributed by atoms with E-state index in [0.29, 0.717) is 11.4 Å². The number of rotatable bonds is 4. The molecule has 0 saturated heterocycles. The lowest BCUT2D eigenvalue weighted by Crippen LogP contribution is -2.48. The van der Waals surface area contributed by atoms with Crippen LogP contribution in [-0.2, 0) is 9.59 Å². The molecule has 122 valence electrons. The third-order valence-electron chi connectivity index (χ3n) is 3.65. The first kappa shape index (κ1) is 16.6. The van der Waals surface area contributed by atoms with Gasteiger partial charge in [-0.1, -0.05) is 48.0 Å². The summed E-state index contributed by atoms with van der Waals surface area (Å²) < 4.78 is 0. The summed E-state index contributed by atoms with van der Waals surface area (Å²) in [5.41, 5.74) is 1.38. The Morgan fingerprint density at radius 3 is 1.92 bits per heavy atom. The van der Waals surface area contributed by atoms with E-state index in [4.69, 9.17) is 23.2 Å². The average molecular weight is 361 g/mol. The second-order valence-corrected chi connectivity index (χ2v) is 6.15. The van der Waals surface area contributed by atoms with Crippen LogP contribution in [0.5, 0.6) is 0 Å². The molecule has 0 heterocycles. The molecule has 4 nitrogen and oxygen atoms in total. The Bertz CT molecular complexity index is 791. The van der Waals surface area contributed by atoms with Crippen molar-refractivity contribution in [1.29, 1.82) is 0 Å². The quantitative estimate of drug-likeness (QED) is 0.814. The van der Waals surface area contributed by atoms with Crippen molar-refractivity contribution in [3.8, 4) is 0 Å². The normalized spacial score (nSPS) is 20.9. The van der Waals surface area contributed by atoms with Gasteiger partial charge in [-0.05, 0) is 24.3 Å². The Balaban J connectivity index is 1.88. The highest BCUT2D eigenvalue weighted by Crippen LogP contribution is 2.29. The highest BCUT2D eigenvalue weighted by Gasteiger charge is 2.42. The fourth-order valence-electron chi connectivity index (χ4n) is 2.42. The molecule has 2 N–H and O–H groups in total. The van der Waals surface area contributed by atoms with Gasteiger partial charge in [-0.2, -0.15) is 0 Å². The van der Waals surface area contributed by atoms with Gasteiger partial charge < -0.3 is 10.6 Å². The SMILES string of the molecule is O=C1C(Nc2ccccc2)=C(Cl)C(=O)C(Nc2ccccc2)C1Cl. The van der Waals surface area contributed by atoms with Crippen molar-refractivity contribution in [3.63, 3.8) is 0 Å². The van der Waals surface area contributed by atoms with E-state index in [1.54, 1.807) is 24.3 Å². The Labute approximate surface area is 149 Å². The van der Waals surface area contributed by atoms with E-state index in [1.165, 1.54) is 0 Å². The molecular formula is C18H14Cl2N2O2. The van der Waals surface area contributed by atoms with E-state index in [2.05, 4.69) is 10.6 Å². The molecule has 0 aromatic heterocycles. The molecule has 1 aliphatic carbocycles. The number of para-hydroxylation sites is 2. The highest BCUT2D eigenvalue weighted by molar-refractivity contribution is 6.51. The van der Waals surface area contributed by atoms with Crippen LogP contribution in [0.4, 0.5) is 11.4 Å². The summed E-state index contributed by atoms with van der Waals surface area (Å²) in [7, 11) is 0. The highest BCUT2D eigenvalue weighted by atomic mass is 35.5. The third kappa shape index (κ3) is 3.30. The first-order valence-electron chi connectivity index (χ1n) is 7.34. The molecule has 0 spiro atoms. The van der Waals surface area contributed by atoms with Crippen LogP contribution >= 0.6 is 23.2 Å². The monoisotopic (exact) mass is 360 g/mol. The molecule has 0 saturated carbocycles. The fraction of sp³-hybridized carbons (Fsp3) is 0.111. The molecule has 1 aliphatic rings. The lowest BCUT2D eigenvalue weighted by molar-refractivity contribution is -0.122. The summed E-state index contributed by atoms with van der Waals surface area (Å²) in [6.45, 7) is 0. The second kappa shape index (κ2) is 7.07. The third-order valence-corrected chi connectivity index (χ3v) is 4.47. The number of Topliss-reactive ketones (excluding diaryl/α,β-unsaturated/α-hetero) is 2. The van der Waals surface area contributed by atoms with E-state index in [9.17, 15) is 9.59 Å². The lowest BCUT2D eigenvalue weighted by atomic mass is 9.95. The van der Waals surface area contributed by atoms with Crippen LogP contribution in [0, 0.1) is 0 Å². The number of hydrogen-bond acceptors (Lipinski definition) is 4. The topological polar surface area (TPSA) is 58.2 Å². The van der Waals surface area contributed by atoms with Crippen molar-refractivity contribution >= 4 is 46.1 Å². The standard InChI is InChI=1S/C18H14Cl2N2O2/c19-13-15(21-11-7-3-1-4-8-11)17(23)14(20)16(18(13)24)22-12-9-5-2-6-10-12/h1-10,13,15,21-22H. The molecule has 24 heavy (non-hydrogen) atoms. The van der Waals surface area contributed by atoms with Gasteiger partial charge in [-0.15, -0.1) is 11.6 Å². The number of nitrogens with one attached hydrogen (secondary N) is 2. The minimum atomic E-state index is -1.05. The molecule has 2 atom stereocenters. The second-order valence-electron chi connectivity index (χ2n) is 5.30. The first-order chi connectivity index (χ1) is 11.6. The first-order valence-corrected chi connectivity index (χ1v) is 8.15. The lowest BCUT2D eigenvalue weighted by Gasteiger charge is -2.28. The van der Waals surface area contributed by atoms with Crippen molar-refractivity contribution in [1.82, 2.24) is 0 Å². The number of allylic oxidation sites excluding steroid dienone is 1. The van der Waals surface area contributed by atoms with Gasteiger partial charge in [0.05, 0.1) is 0 Å². The van der Waals surface area contributed by atoms with Crippen molar-refractivity contribution in [2.45, 2.75) is 11.4 Å². The zero-order chi connectivity index (χ0) is 17.1. The average Bonchev–Trinajstić information content (AvgIpc) is 2.62. The molecule has 0 bridgehead atoms. The Morgan fingerprint density at radius 2 is 1.33 bits per heavy atom. The smallest absolute Gasteiger partial charge is 0.201 e. The van der Waals surface area contributed by atoms with E-state index < -0.39 is 23.0 Å². The molecule has 2 aromatic carbocycles. The number of hydrogen-bond donors (Lipinski definition) is 2. The van der Waals surface area contributed by atoms with E-state index in [0.717, 1.165) is 0 Å². The van der Waals surface area contributed by atoms with Gasteiger partial charge in [-0.25, -0.2) is 0 Å². The number of benzene rings is 2. The maximum absolute atomic E-state index is 12.6. The molecule has 2 aromatic rings. The zero-order valence-electron chi connectivity index (χ0n) is 12.5. The van der Waals surface area contributed by atoms with Crippen LogP contribution in [-0.4, -0.2) is 23.0 Å². The molecule has 3 rings (SSSR count). The predicted molar refractivity (Wildman–Crippen MR) is 96.5 cm³/mol. The van der Waals surface area contributed by atoms with Crippen LogP contribution in [0.3, 0.4) is 0 Å². The zero-order valence-corrected chi connectivity index (χ0v) is 14.0. The Kier molecular flexibility index (Phi) is 4.88. The van der Waals surface area contributed by atoms with Crippen LogP contribution < -0.4 is 10.6 Å². The number of carbonyl (C=O) groups excluding carboxylic acids is 2. The van der Waals surface area contributed by atoms with Gasteiger partial charge >= 0.3 is 0 Å². The van der Waals surface area contributed by atoms with Gasteiger partial charge in [0.1, 0.15) is 22.1 Å². The van der Waals surface area contributed by atoms with Gasteiger partial charge in [0, 0.05) is 11.4 Å². The van der Waals surface area contributed by atoms with Crippen LogP contribution in [0.15, 0.2) is 71.4 Å². The number of alkyl halides is 1. The number of carbonyl (C=O) groups is 2. The molecular weight excluding hydrogens is 347 g/mol. The molecule has 2 unspecified atom stereocenters. The van der Waals surface area contributed by atoms with Crippen molar-refractivity contribution in [2.75, 3.05) is 10.6 Å². The summed E-state index contributed by atoms with van der Waals surface area (Å²) in [6.07, 6.45) is 0. The van der Waals surface area contributed by atoms with E-state index >= 15 is 0 Å². The summed E-state index contributed by atoms with van der Waals surface area (Å²) in [5.74, 6) is -0.836. The van der Waals surface area contributed by atoms with E-state index in [1.807, 2.05) is 36.4 Å². The maximum Gasteiger partial charge on any atom is 0.201 e. The number of ketones is 2.